The van der Waals surface area contributed by atoms with Crippen LogP contribution in [0.2, 0.25) is 0 Å². The van der Waals surface area contributed by atoms with E-state index in [1.165, 1.54) is 0 Å². The van der Waals surface area contributed by atoms with Crippen LogP contribution in [0.3, 0.4) is 0 Å². The zero-order chi connectivity index (χ0) is 23.5. The Labute approximate surface area is 198 Å². The van der Waals surface area contributed by atoms with E-state index in [4.69, 9.17) is 14.5 Å². The van der Waals surface area contributed by atoms with Gasteiger partial charge in [-0.15, -0.1) is 0 Å². The molecule has 1 saturated heterocycles. The molecule has 0 spiro atoms. The number of rotatable bonds is 8. The molecule has 1 N–H and O–H groups in total. The molecule has 2 atom stereocenters. The van der Waals surface area contributed by atoms with Crippen molar-refractivity contribution >= 4 is 22.6 Å². The van der Waals surface area contributed by atoms with Gasteiger partial charge < -0.3 is 24.0 Å². The third kappa shape index (κ3) is 4.47. The summed E-state index contributed by atoms with van der Waals surface area (Å²) in [4.78, 5) is 19.6. The number of aliphatic hydroxyl groups is 1. The highest BCUT2D eigenvalue weighted by molar-refractivity contribution is 5.96. The Morgan fingerprint density at radius 1 is 1.03 bits per heavy atom. The molecular formula is C27H27N3O4. The third-order valence-electron chi connectivity index (χ3n) is 6.12. The van der Waals surface area contributed by atoms with Crippen LogP contribution in [0, 0.1) is 0 Å². The quantitative estimate of drug-likeness (QED) is 0.433. The summed E-state index contributed by atoms with van der Waals surface area (Å²) in [6.45, 7) is 1.01. The molecular weight excluding hydrogens is 430 g/mol. The van der Waals surface area contributed by atoms with Crippen LogP contribution in [-0.4, -0.2) is 46.9 Å². The van der Waals surface area contributed by atoms with Gasteiger partial charge in [0.15, 0.2) is 0 Å². The highest BCUT2D eigenvalue weighted by Crippen LogP contribution is 2.34. The van der Waals surface area contributed by atoms with E-state index < -0.39 is 6.10 Å². The molecule has 3 aromatic carbocycles. The predicted molar refractivity (Wildman–Crippen MR) is 130 cm³/mol. The Hall–Kier alpha value is -3.84. The SMILES string of the molecule is COc1cccc(N2C[C@@H](c3nc4ccccc4n3C[C@H](O)COc3ccccc3)CC2=O)c1. The summed E-state index contributed by atoms with van der Waals surface area (Å²) < 4.78 is 13.1. The standard InChI is InChI=1S/C27H27N3O4/c1-33-23-11-7-8-20(15-23)29-16-19(14-26(29)32)27-28-24-12-5-6-13-25(24)30(27)17-21(31)18-34-22-9-3-2-4-10-22/h2-13,15,19,21,31H,14,16-18H2,1H3/t19-,21-/m0/s1. The van der Waals surface area contributed by atoms with E-state index in [9.17, 15) is 9.90 Å². The van der Waals surface area contributed by atoms with Crippen molar-refractivity contribution in [1.29, 1.82) is 0 Å². The molecule has 0 radical (unpaired) electrons. The average Bonchev–Trinajstić information content (AvgIpc) is 3.44. The van der Waals surface area contributed by atoms with E-state index in [-0.39, 0.29) is 18.4 Å². The van der Waals surface area contributed by atoms with Gasteiger partial charge in [0.2, 0.25) is 5.91 Å². The highest BCUT2D eigenvalue weighted by atomic mass is 16.5. The normalized spacial score (nSPS) is 16.7. The Morgan fingerprint density at radius 3 is 2.62 bits per heavy atom. The minimum Gasteiger partial charge on any atom is -0.497 e. The first-order valence-electron chi connectivity index (χ1n) is 11.4. The summed E-state index contributed by atoms with van der Waals surface area (Å²) in [5.41, 5.74) is 2.59. The number of hydrogen-bond donors (Lipinski definition) is 1. The van der Waals surface area contributed by atoms with Gasteiger partial charge in [-0.3, -0.25) is 4.79 Å². The molecule has 1 aliphatic rings. The van der Waals surface area contributed by atoms with E-state index in [1.807, 2.05) is 83.4 Å². The summed E-state index contributed by atoms with van der Waals surface area (Å²) in [5, 5.41) is 10.8. The zero-order valence-electron chi connectivity index (χ0n) is 19.0. The summed E-state index contributed by atoms with van der Waals surface area (Å²) >= 11 is 0. The number of benzene rings is 3. The summed E-state index contributed by atoms with van der Waals surface area (Å²) in [6, 6.07) is 24.8. The van der Waals surface area contributed by atoms with Crippen LogP contribution in [0.25, 0.3) is 11.0 Å². The molecule has 0 saturated carbocycles. The van der Waals surface area contributed by atoms with Crippen molar-refractivity contribution in [2.45, 2.75) is 25.0 Å². The van der Waals surface area contributed by atoms with E-state index in [0.717, 1.165) is 22.5 Å². The second kappa shape index (κ2) is 9.57. The minimum atomic E-state index is -0.733. The van der Waals surface area contributed by atoms with E-state index >= 15 is 0 Å². The maximum Gasteiger partial charge on any atom is 0.227 e. The van der Waals surface area contributed by atoms with Gasteiger partial charge in [-0.1, -0.05) is 36.4 Å². The number of methoxy groups -OCH3 is 1. The van der Waals surface area contributed by atoms with E-state index in [1.54, 1.807) is 12.0 Å². The largest absolute Gasteiger partial charge is 0.497 e. The van der Waals surface area contributed by atoms with Gasteiger partial charge in [0.1, 0.15) is 30.0 Å². The lowest BCUT2D eigenvalue weighted by atomic mass is 10.1. The van der Waals surface area contributed by atoms with Crippen molar-refractivity contribution in [2.75, 3.05) is 25.2 Å². The molecule has 7 nitrogen and oxygen atoms in total. The van der Waals surface area contributed by atoms with Crippen molar-refractivity contribution in [3.8, 4) is 11.5 Å². The fourth-order valence-electron chi connectivity index (χ4n) is 4.48. The highest BCUT2D eigenvalue weighted by Gasteiger charge is 2.35. The number of amides is 1. The molecule has 1 fully saturated rings. The van der Waals surface area contributed by atoms with Crippen LogP contribution in [0.1, 0.15) is 18.2 Å². The second-order valence-corrected chi connectivity index (χ2v) is 8.45. The second-order valence-electron chi connectivity index (χ2n) is 8.45. The van der Waals surface area contributed by atoms with Gasteiger partial charge in [-0.2, -0.15) is 0 Å². The molecule has 0 aliphatic carbocycles. The maximum atomic E-state index is 12.9. The molecule has 34 heavy (non-hydrogen) atoms. The van der Waals surface area contributed by atoms with Crippen LogP contribution in [0.15, 0.2) is 78.9 Å². The number of carbonyl (C=O) groups is 1. The van der Waals surface area contributed by atoms with Crippen LogP contribution in [0.4, 0.5) is 5.69 Å². The number of ether oxygens (including phenoxy) is 2. The predicted octanol–water partition coefficient (Wildman–Crippen LogP) is 4.01. The monoisotopic (exact) mass is 457 g/mol. The first-order chi connectivity index (χ1) is 16.6. The Kier molecular flexibility index (Phi) is 6.18. The lowest BCUT2D eigenvalue weighted by Crippen LogP contribution is -2.26. The minimum absolute atomic E-state index is 0.0461. The molecule has 1 aromatic heterocycles. The van der Waals surface area contributed by atoms with Gasteiger partial charge >= 0.3 is 0 Å². The molecule has 0 bridgehead atoms. The number of anilines is 1. The Bertz CT molecular complexity index is 1290. The first kappa shape index (κ1) is 22.0. The molecule has 2 heterocycles. The van der Waals surface area contributed by atoms with Crippen LogP contribution in [-0.2, 0) is 11.3 Å². The number of aliphatic hydroxyl groups excluding tert-OH is 1. The maximum absolute atomic E-state index is 12.9. The average molecular weight is 458 g/mol. The van der Waals surface area contributed by atoms with Crippen molar-refractivity contribution in [3.05, 3.63) is 84.7 Å². The van der Waals surface area contributed by atoms with Crippen LogP contribution < -0.4 is 14.4 Å². The topological polar surface area (TPSA) is 76.8 Å². The lowest BCUT2D eigenvalue weighted by Gasteiger charge is -2.19. The number of carbonyl (C=O) groups excluding carboxylic acids is 1. The molecule has 0 unspecified atom stereocenters. The number of para-hydroxylation sites is 3. The fourth-order valence-corrected chi connectivity index (χ4v) is 4.48. The number of imidazole rings is 1. The summed E-state index contributed by atoms with van der Waals surface area (Å²) in [6.07, 6.45) is -0.375. The van der Waals surface area contributed by atoms with Crippen molar-refractivity contribution in [1.82, 2.24) is 9.55 Å². The smallest absolute Gasteiger partial charge is 0.227 e. The number of fused-ring (bicyclic) bond motifs is 1. The van der Waals surface area contributed by atoms with E-state index in [0.29, 0.717) is 31.0 Å². The Balaban J connectivity index is 1.39. The van der Waals surface area contributed by atoms with Gasteiger partial charge in [0.25, 0.3) is 0 Å². The van der Waals surface area contributed by atoms with Gasteiger partial charge in [-0.25, -0.2) is 4.98 Å². The summed E-state index contributed by atoms with van der Waals surface area (Å²) in [7, 11) is 1.61. The molecule has 7 heteroatoms. The van der Waals surface area contributed by atoms with Gasteiger partial charge in [-0.05, 0) is 36.4 Å². The van der Waals surface area contributed by atoms with E-state index in [2.05, 4.69) is 0 Å². The van der Waals surface area contributed by atoms with Gasteiger partial charge in [0.05, 0.1) is 24.7 Å². The number of hydrogen-bond acceptors (Lipinski definition) is 5. The van der Waals surface area contributed by atoms with Crippen LogP contribution >= 0.6 is 0 Å². The fraction of sp³-hybridized carbons (Fsp3) is 0.259. The lowest BCUT2D eigenvalue weighted by molar-refractivity contribution is -0.117. The molecule has 174 valence electrons. The van der Waals surface area contributed by atoms with Gasteiger partial charge in [0, 0.05) is 30.6 Å². The number of aromatic nitrogens is 2. The van der Waals surface area contributed by atoms with Crippen molar-refractivity contribution in [3.63, 3.8) is 0 Å². The molecule has 5 rings (SSSR count). The zero-order valence-corrected chi connectivity index (χ0v) is 19.0. The van der Waals surface area contributed by atoms with Crippen molar-refractivity contribution < 1.29 is 19.4 Å². The molecule has 4 aromatic rings. The van der Waals surface area contributed by atoms with Crippen LogP contribution in [0.5, 0.6) is 11.5 Å². The van der Waals surface area contributed by atoms with Crippen molar-refractivity contribution in [2.24, 2.45) is 0 Å². The summed E-state index contributed by atoms with van der Waals surface area (Å²) in [5.74, 6) is 2.19. The Morgan fingerprint density at radius 2 is 1.79 bits per heavy atom. The number of nitrogens with zero attached hydrogens (tertiary/aromatic N) is 3. The molecule has 1 aliphatic heterocycles. The third-order valence-corrected chi connectivity index (χ3v) is 6.12. The first-order valence-corrected chi connectivity index (χ1v) is 11.4. The molecule has 1 amide bonds.